The summed E-state index contributed by atoms with van der Waals surface area (Å²) in [4.78, 5) is 10.7. The lowest BCUT2D eigenvalue weighted by Crippen LogP contribution is -2.25. The number of hydrogen-bond donors (Lipinski definition) is 0. The summed E-state index contributed by atoms with van der Waals surface area (Å²) >= 11 is 0. The van der Waals surface area contributed by atoms with E-state index in [2.05, 4.69) is 20.0 Å². The Bertz CT molecular complexity index is 802. The lowest BCUT2D eigenvalue weighted by Gasteiger charge is -2.27. The predicted octanol–water partition coefficient (Wildman–Crippen LogP) is 3.95. The van der Waals surface area contributed by atoms with Crippen molar-refractivity contribution in [3.63, 3.8) is 0 Å². The summed E-state index contributed by atoms with van der Waals surface area (Å²) in [6, 6.07) is 10.3. The lowest BCUT2D eigenvalue weighted by atomic mass is 9.99. The summed E-state index contributed by atoms with van der Waals surface area (Å²) in [5.74, 6) is 1.22. The van der Waals surface area contributed by atoms with Crippen molar-refractivity contribution in [1.29, 1.82) is 0 Å². The molecule has 2 aromatic heterocycles. The van der Waals surface area contributed by atoms with Crippen LogP contribution in [0.1, 0.15) is 48.6 Å². The average molecular weight is 340 g/mol. The van der Waals surface area contributed by atoms with Crippen molar-refractivity contribution in [2.45, 2.75) is 32.4 Å². The number of pyridine rings is 1. The summed E-state index contributed by atoms with van der Waals surface area (Å²) in [7, 11) is 1.97. The Morgan fingerprint density at radius 3 is 2.48 bits per heavy atom. The van der Waals surface area contributed by atoms with Crippen molar-refractivity contribution in [2.24, 2.45) is 0 Å². The summed E-state index contributed by atoms with van der Waals surface area (Å²) in [6.07, 6.45) is 3.55. The topological polar surface area (TPSA) is 55.1 Å². The molecule has 0 saturated carbocycles. The molecule has 0 aliphatic heterocycles. The van der Waals surface area contributed by atoms with Crippen LogP contribution < -0.4 is 0 Å². The normalized spacial score (nSPS) is 12.7. The molecule has 0 spiro atoms. The van der Waals surface area contributed by atoms with E-state index in [1.165, 1.54) is 12.1 Å². The number of nitrogens with zero attached hydrogens (tertiary/aromatic N) is 4. The highest BCUT2D eigenvalue weighted by Gasteiger charge is 2.22. The van der Waals surface area contributed by atoms with Crippen LogP contribution in [0.25, 0.3) is 0 Å². The standard InChI is InChI=1S/C19H21FN4O/c1-13(2)19-22-17(25-23-19)12-24(3)18(15-5-4-10-21-11-15)14-6-8-16(20)9-7-14/h4-11,13,18H,12H2,1-3H3/t18-/m1/s1. The second kappa shape index (κ2) is 7.53. The van der Waals surface area contributed by atoms with Gasteiger partial charge in [-0.15, -0.1) is 0 Å². The molecule has 3 aromatic rings. The molecule has 2 heterocycles. The largest absolute Gasteiger partial charge is 0.338 e. The molecule has 0 unspecified atom stereocenters. The summed E-state index contributed by atoms with van der Waals surface area (Å²) in [5.41, 5.74) is 1.99. The molecule has 1 atom stereocenters. The van der Waals surface area contributed by atoms with Gasteiger partial charge >= 0.3 is 0 Å². The summed E-state index contributed by atoms with van der Waals surface area (Å²) < 4.78 is 18.7. The molecule has 3 rings (SSSR count). The molecule has 6 heteroatoms. The highest BCUT2D eigenvalue weighted by molar-refractivity contribution is 5.30. The molecule has 25 heavy (non-hydrogen) atoms. The molecule has 0 bridgehead atoms. The third kappa shape index (κ3) is 4.09. The van der Waals surface area contributed by atoms with Crippen LogP contribution in [-0.4, -0.2) is 27.1 Å². The van der Waals surface area contributed by atoms with Crippen LogP contribution in [0.5, 0.6) is 0 Å². The van der Waals surface area contributed by atoms with Gasteiger partial charge in [0.15, 0.2) is 5.82 Å². The van der Waals surface area contributed by atoms with Crippen molar-refractivity contribution in [3.05, 3.63) is 77.5 Å². The molecule has 0 aliphatic rings. The SMILES string of the molecule is CC(C)c1noc(CN(C)[C@H](c2ccc(F)cc2)c2cccnc2)n1. The molecule has 0 fully saturated rings. The second-order valence-electron chi connectivity index (χ2n) is 6.36. The number of rotatable bonds is 6. The molecular formula is C19H21FN4O. The van der Waals surface area contributed by atoms with Gasteiger partial charge in [0.05, 0.1) is 12.6 Å². The zero-order valence-corrected chi connectivity index (χ0v) is 14.6. The number of aromatic nitrogens is 3. The fourth-order valence-electron chi connectivity index (χ4n) is 2.76. The summed E-state index contributed by atoms with van der Waals surface area (Å²) in [5, 5.41) is 4.01. The Labute approximate surface area is 146 Å². The van der Waals surface area contributed by atoms with Crippen molar-refractivity contribution < 1.29 is 8.91 Å². The fraction of sp³-hybridized carbons (Fsp3) is 0.316. The van der Waals surface area contributed by atoms with Crippen LogP contribution in [-0.2, 0) is 6.54 Å². The van der Waals surface area contributed by atoms with E-state index in [0.29, 0.717) is 18.3 Å². The van der Waals surface area contributed by atoms with Gasteiger partial charge in [0.1, 0.15) is 5.82 Å². The van der Waals surface area contributed by atoms with Gasteiger partial charge in [-0.1, -0.05) is 37.2 Å². The first-order chi connectivity index (χ1) is 12.0. The van der Waals surface area contributed by atoms with Gasteiger partial charge in [0.25, 0.3) is 0 Å². The van der Waals surface area contributed by atoms with Gasteiger partial charge in [0, 0.05) is 18.3 Å². The first-order valence-corrected chi connectivity index (χ1v) is 8.22. The molecule has 0 saturated heterocycles. The molecule has 0 N–H and O–H groups in total. The highest BCUT2D eigenvalue weighted by Crippen LogP contribution is 2.28. The van der Waals surface area contributed by atoms with E-state index in [9.17, 15) is 4.39 Å². The minimum absolute atomic E-state index is 0.0938. The molecule has 1 aromatic carbocycles. The van der Waals surface area contributed by atoms with E-state index in [1.807, 2.05) is 39.2 Å². The maximum absolute atomic E-state index is 13.3. The van der Waals surface area contributed by atoms with Gasteiger partial charge in [-0.3, -0.25) is 9.88 Å². The Kier molecular flexibility index (Phi) is 5.19. The van der Waals surface area contributed by atoms with Crippen LogP contribution in [0.2, 0.25) is 0 Å². The smallest absolute Gasteiger partial charge is 0.240 e. The minimum atomic E-state index is -0.255. The zero-order chi connectivity index (χ0) is 17.8. The average Bonchev–Trinajstić information content (AvgIpc) is 3.07. The van der Waals surface area contributed by atoms with E-state index in [-0.39, 0.29) is 17.8 Å². The third-order valence-electron chi connectivity index (χ3n) is 4.01. The first kappa shape index (κ1) is 17.2. The van der Waals surface area contributed by atoms with Crippen molar-refractivity contribution >= 4 is 0 Å². The quantitative estimate of drug-likeness (QED) is 0.680. The van der Waals surface area contributed by atoms with Crippen molar-refractivity contribution in [3.8, 4) is 0 Å². The van der Waals surface area contributed by atoms with Gasteiger partial charge in [-0.25, -0.2) is 4.39 Å². The Morgan fingerprint density at radius 1 is 1.12 bits per heavy atom. The van der Waals surface area contributed by atoms with Crippen LogP contribution in [0.4, 0.5) is 4.39 Å². The van der Waals surface area contributed by atoms with Gasteiger partial charge in [-0.2, -0.15) is 4.98 Å². The minimum Gasteiger partial charge on any atom is -0.338 e. The predicted molar refractivity (Wildman–Crippen MR) is 92.3 cm³/mol. The molecule has 0 radical (unpaired) electrons. The Morgan fingerprint density at radius 2 is 1.88 bits per heavy atom. The van der Waals surface area contributed by atoms with Gasteiger partial charge in [0.2, 0.25) is 5.89 Å². The number of benzene rings is 1. The number of halogens is 1. The Hall–Kier alpha value is -2.60. The van der Waals surface area contributed by atoms with Crippen LogP contribution in [0, 0.1) is 5.82 Å². The molecule has 5 nitrogen and oxygen atoms in total. The maximum Gasteiger partial charge on any atom is 0.240 e. The molecule has 0 amide bonds. The van der Waals surface area contributed by atoms with E-state index in [4.69, 9.17) is 4.52 Å². The third-order valence-corrected chi connectivity index (χ3v) is 4.01. The van der Waals surface area contributed by atoms with E-state index in [1.54, 1.807) is 18.3 Å². The van der Waals surface area contributed by atoms with Crippen LogP contribution >= 0.6 is 0 Å². The van der Waals surface area contributed by atoms with Crippen molar-refractivity contribution in [2.75, 3.05) is 7.05 Å². The highest BCUT2D eigenvalue weighted by atomic mass is 19.1. The maximum atomic E-state index is 13.3. The fourth-order valence-corrected chi connectivity index (χ4v) is 2.76. The van der Waals surface area contributed by atoms with E-state index >= 15 is 0 Å². The summed E-state index contributed by atoms with van der Waals surface area (Å²) in [6.45, 7) is 4.53. The molecule has 0 aliphatic carbocycles. The second-order valence-corrected chi connectivity index (χ2v) is 6.36. The molecule has 130 valence electrons. The van der Waals surface area contributed by atoms with E-state index < -0.39 is 0 Å². The van der Waals surface area contributed by atoms with Crippen LogP contribution in [0.15, 0.2) is 53.3 Å². The van der Waals surface area contributed by atoms with Crippen molar-refractivity contribution in [1.82, 2.24) is 20.0 Å². The van der Waals surface area contributed by atoms with E-state index in [0.717, 1.165) is 11.1 Å². The monoisotopic (exact) mass is 340 g/mol. The number of hydrogen-bond acceptors (Lipinski definition) is 5. The Balaban J connectivity index is 1.89. The lowest BCUT2D eigenvalue weighted by molar-refractivity contribution is 0.228. The van der Waals surface area contributed by atoms with Crippen LogP contribution in [0.3, 0.4) is 0 Å². The van der Waals surface area contributed by atoms with Gasteiger partial charge < -0.3 is 4.52 Å². The zero-order valence-electron chi connectivity index (χ0n) is 14.6. The first-order valence-electron chi connectivity index (χ1n) is 8.22. The molecular weight excluding hydrogens is 319 g/mol. The van der Waals surface area contributed by atoms with Gasteiger partial charge in [-0.05, 0) is 36.4 Å².